The lowest BCUT2D eigenvalue weighted by Gasteiger charge is -2.53. The van der Waals surface area contributed by atoms with Crippen molar-refractivity contribution < 1.29 is 9.47 Å². The molecule has 0 spiro atoms. The van der Waals surface area contributed by atoms with Crippen LogP contribution in [0.5, 0.6) is 11.5 Å². The lowest BCUT2D eigenvalue weighted by molar-refractivity contribution is -0.0276. The van der Waals surface area contributed by atoms with Gasteiger partial charge in [0.2, 0.25) is 0 Å². The van der Waals surface area contributed by atoms with Crippen LogP contribution in [0.15, 0.2) is 40.9 Å². The van der Waals surface area contributed by atoms with Gasteiger partial charge < -0.3 is 14.8 Å². The number of unbranched alkanes of at least 4 members (excludes halogenated alkanes) is 4. The zero-order valence-electron chi connectivity index (χ0n) is 26.1. The van der Waals surface area contributed by atoms with Crippen LogP contribution in [0.25, 0.3) is 10.9 Å². The average Bonchev–Trinajstić information content (AvgIpc) is 2.90. The molecule has 1 aliphatic heterocycles. The Labute approximate surface area is 255 Å². The van der Waals surface area contributed by atoms with Crippen LogP contribution in [-0.2, 0) is 0 Å². The van der Waals surface area contributed by atoms with Gasteiger partial charge in [0.25, 0.3) is 0 Å². The quantitative estimate of drug-likeness (QED) is 0.191. The number of hydrogen-bond acceptors (Lipinski definition) is 6. The Balaban J connectivity index is 1.30. The van der Waals surface area contributed by atoms with E-state index >= 15 is 0 Å². The molecule has 1 fully saturated rings. The van der Waals surface area contributed by atoms with Crippen LogP contribution >= 0.6 is 15.9 Å². The van der Waals surface area contributed by atoms with Crippen molar-refractivity contribution in [3.63, 3.8) is 0 Å². The summed E-state index contributed by atoms with van der Waals surface area (Å²) in [5, 5.41) is 4.49. The molecule has 41 heavy (non-hydrogen) atoms. The first kappa shape index (κ1) is 31.6. The van der Waals surface area contributed by atoms with Crippen LogP contribution in [0.2, 0.25) is 0 Å². The molecule has 4 rings (SSSR count). The van der Waals surface area contributed by atoms with Crippen LogP contribution in [0.4, 0.5) is 5.82 Å². The number of piperidine rings is 1. The second-order valence-electron chi connectivity index (χ2n) is 12.8. The highest BCUT2D eigenvalue weighted by Gasteiger charge is 2.40. The van der Waals surface area contributed by atoms with E-state index < -0.39 is 0 Å². The standard InChI is InChI=1S/C34H49BrN4O2/c1-24(26-15-13-16-27(35)21-26)36-32-28-22-30(40-7)31(23-29(28)37-25(2)38-32)41-20-12-10-8-9-11-19-39-33(3,4)17-14-18-34(39,5)6/h13,15-16,21-24H,8-12,14,17-20H2,1-7H3,(H,36,37,38). The van der Waals surface area contributed by atoms with E-state index in [1.165, 1.54) is 57.1 Å². The van der Waals surface area contributed by atoms with Gasteiger partial charge in [-0.25, -0.2) is 9.97 Å². The predicted molar refractivity (Wildman–Crippen MR) is 174 cm³/mol. The van der Waals surface area contributed by atoms with Gasteiger partial charge in [0.15, 0.2) is 11.5 Å². The Morgan fingerprint density at radius 3 is 2.37 bits per heavy atom. The Morgan fingerprint density at radius 1 is 0.951 bits per heavy atom. The summed E-state index contributed by atoms with van der Waals surface area (Å²) in [7, 11) is 1.69. The molecule has 0 amide bonds. The van der Waals surface area contributed by atoms with E-state index in [4.69, 9.17) is 19.4 Å². The molecule has 0 bridgehead atoms. The number of fused-ring (bicyclic) bond motifs is 1. The SMILES string of the molecule is COc1cc2c(NC(C)c3cccc(Br)c3)nc(C)nc2cc1OCCCCCCCN1C(C)(C)CCCC1(C)C. The van der Waals surface area contributed by atoms with Crippen molar-refractivity contribution in [2.45, 2.75) is 110 Å². The summed E-state index contributed by atoms with van der Waals surface area (Å²) in [5.41, 5.74) is 2.65. The molecule has 0 radical (unpaired) electrons. The Bertz CT molecular complexity index is 1290. The fraction of sp³-hybridized carbons (Fsp3) is 0.588. The van der Waals surface area contributed by atoms with Gasteiger partial charge in [0, 0.05) is 27.0 Å². The number of nitrogens with one attached hydrogen (secondary N) is 1. The number of hydrogen-bond donors (Lipinski definition) is 1. The smallest absolute Gasteiger partial charge is 0.163 e. The average molecular weight is 626 g/mol. The fourth-order valence-corrected chi connectivity index (χ4v) is 6.85. The lowest BCUT2D eigenvalue weighted by atomic mass is 9.79. The number of rotatable bonds is 13. The maximum atomic E-state index is 6.22. The van der Waals surface area contributed by atoms with Gasteiger partial charge in [-0.05, 0) is 104 Å². The number of methoxy groups -OCH3 is 1. The molecule has 1 aromatic heterocycles. The molecular formula is C34H49BrN4O2. The van der Waals surface area contributed by atoms with Crippen LogP contribution < -0.4 is 14.8 Å². The van der Waals surface area contributed by atoms with E-state index in [-0.39, 0.29) is 6.04 Å². The highest BCUT2D eigenvalue weighted by molar-refractivity contribution is 9.10. The molecule has 7 heteroatoms. The third-order valence-corrected chi connectivity index (χ3v) is 9.11. The Hall–Kier alpha value is -2.38. The van der Waals surface area contributed by atoms with Crippen LogP contribution in [0.1, 0.15) is 103 Å². The van der Waals surface area contributed by atoms with Crippen molar-refractivity contribution in [3.05, 3.63) is 52.3 Å². The van der Waals surface area contributed by atoms with E-state index in [1.54, 1.807) is 7.11 Å². The Morgan fingerprint density at radius 2 is 1.66 bits per heavy atom. The summed E-state index contributed by atoms with van der Waals surface area (Å²) in [6.07, 6.45) is 9.93. The zero-order valence-corrected chi connectivity index (χ0v) is 27.7. The number of anilines is 1. The molecule has 1 N–H and O–H groups in total. The van der Waals surface area contributed by atoms with E-state index in [1.807, 2.05) is 31.2 Å². The highest BCUT2D eigenvalue weighted by atomic mass is 79.9. The molecule has 0 saturated carbocycles. The first-order valence-electron chi connectivity index (χ1n) is 15.3. The molecule has 3 aromatic rings. The molecule has 224 valence electrons. The van der Waals surface area contributed by atoms with Gasteiger partial charge in [-0.3, -0.25) is 4.90 Å². The first-order valence-corrected chi connectivity index (χ1v) is 16.1. The van der Waals surface area contributed by atoms with Crippen LogP contribution in [-0.4, -0.2) is 46.2 Å². The number of benzene rings is 2. The van der Waals surface area contributed by atoms with E-state index in [2.05, 4.69) is 72.9 Å². The van der Waals surface area contributed by atoms with Crippen molar-refractivity contribution in [1.82, 2.24) is 14.9 Å². The molecule has 2 heterocycles. The second-order valence-corrected chi connectivity index (χ2v) is 13.7. The van der Waals surface area contributed by atoms with Gasteiger partial charge in [0.05, 0.1) is 25.3 Å². The van der Waals surface area contributed by atoms with E-state index in [9.17, 15) is 0 Å². The summed E-state index contributed by atoms with van der Waals surface area (Å²) < 4.78 is 13.0. The van der Waals surface area contributed by atoms with Crippen LogP contribution in [0, 0.1) is 6.92 Å². The summed E-state index contributed by atoms with van der Waals surface area (Å²) in [4.78, 5) is 12.2. The van der Waals surface area contributed by atoms with Crippen LogP contribution in [0.3, 0.4) is 0 Å². The molecule has 1 unspecified atom stereocenters. The molecule has 6 nitrogen and oxygen atoms in total. The number of aryl methyl sites for hydroxylation is 1. The minimum atomic E-state index is 0.0738. The van der Waals surface area contributed by atoms with Crippen molar-refractivity contribution in [3.8, 4) is 11.5 Å². The number of nitrogens with zero attached hydrogens (tertiary/aromatic N) is 3. The number of halogens is 1. The van der Waals surface area contributed by atoms with Gasteiger partial charge in [0.1, 0.15) is 11.6 Å². The number of likely N-dealkylation sites (tertiary alicyclic amines) is 1. The van der Waals surface area contributed by atoms with Crippen molar-refractivity contribution in [2.75, 3.05) is 25.6 Å². The molecular weight excluding hydrogens is 576 g/mol. The number of aromatic nitrogens is 2. The topological polar surface area (TPSA) is 59.5 Å². The summed E-state index contributed by atoms with van der Waals surface area (Å²) in [6, 6.07) is 12.4. The predicted octanol–water partition coefficient (Wildman–Crippen LogP) is 9.25. The van der Waals surface area contributed by atoms with Gasteiger partial charge in [-0.2, -0.15) is 0 Å². The van der Waals surface area contributed by atoms with Gasteiger partial charge >= 0.3 is 0 Å². The van der Waals surface area contributed by atoms with E-state index in [0.717, 1.165) is 33.4 Å². The normalized spacial score (nSPS) is 17.4. The van der Waals surface area contributed by atoms with Gasteiger partial charge in [-0.15, -0.1) is 0 Å². The Kier molecular flexibility index (Phi) is 10.6. The van der Waals surface area contributed by atoms with Crippen molar-refractivity contribution in [2.24, 2.45) is 0 Å². The molecule has 2 aromatic carbocycles. The highest BCUT2D eigenvalue weighted by Crippen LogP contribution is 2.38. The van der Waals surface area contributed by atoms with E-state index in [0.29, 0.717) is 29.3 Å². The minimum Gasteiger partial charge on any atom is -0.493 e. The molecule has 1 saturated heterocycles. The largest absolute Gasteiger partial charge is 0.493 e. The van der Waals surface area contributed by atoms with Gasteiger partial charge in [-0.1, -0.05) is 47.3 Å². The lowest BCUT2D eigenvalue weighted by Crippen LogP contribution is -2.58. The molecule has 1 aliphatic rings. The monoisotopic (exact) mass is 624 g/mol. The first-order chi connectivity index (χ1) is 19.5. The third kappa shape index (κ3) is 8.13. The van der Waals surface area contributed by atoms with Crippen molar-refractivity contribution >= 4 is 32.7 Å². The number of ether oxygens (including phenoxy) is 2. The second kappa shape index (κ2) is 13.7. The fourth-order valence-electron chi connectivity index (χ4n) is 6.43. The maximum absolute atomic E-state index is 6.22. The van der Waals surface area contributed by atoms with Crippen molar-refractivity contribution in [1.29, 1.82) is 0 Å². The summed E-state index contributed by atoms with van der Waals surface area (Å²) >= 11 is 3.57. The summed E-state index contributed by atoms with van der Waals surface area (Å²) in [5.74, 6) is 2.95. The maximum Gasteiger partial charge on any atom is 0.163 e. The minimum absolute atomic E-state index is 0.0738. The zero-order chi connectivity index (χ0) is 29.6. The molecule has 0 aliphatic carbocycles. The third-order valence-electron chi connectivity index (χ3n) is 8.62. The summed E-state index contributed by atoms with van der Waals surface area (Å²) in [6.45, 7) is 15.6. The molecule has 1 atom stereocenters.